The number of hydrogen-bond acceptors (Lipinski definition) is 3. The summed E-state index contributed by atoms with van der Waals surface area (Å²) in [6, 6.07) is 13.7. The predicted octanol–water partition coefficient (Wildman–Crippen LogP) is 3.96. The normalized spacial score (nSPS) is 11.7. The Morgan fingerprint density at radius 1 is 1.12 bits per heavy atom. The van der Waals surface area contributed by atoms with E-state index in [0.29, 0.717) is 0 Å². The fourth-order valence-electron chi connectivity index (χ4n) is 2.50. The van der Waals surface area contributed by atoms with Crippen molar-refractivity contribution in [1.82, 2.24) is 5.32 Å². The van der Waals surface area contributed by atoms with Crippen molar-refractivity contribution in [2.24, 2.45) is 0 Å². The highest BCUT2D eigenvalue weighted by atomic mass is 16.5. The van der Waals surface area contributed by atoms with Gasteiger partial charge in [0.1, 0.15) is 11.5 Å². The van der Waals surface area contributed by atoms with E-state index in [1.807, 2.05) is 63.2 Å². The van der Waals surface area contributed by atoms with Crippen molar-refractivity contribution in [2.45, 2.75) is 33.2 Å². The first kappa shape index (κ1) is 17.9. The number of amides is 1. The van der Waals surface area contributed by atoms with E-state index in [1.165, 1.54) is 0 Å². The number of carbonyl (C=O) groups is 1. The quantitative estimate of drug-likeness (QED) is 0.837. The highest BCUT2D eigenvalue weighted by molar-refractivity contribution is 5.78. The zero-order valence-electron chi connectivity index (χ0n) is 14.8. The lowest BCUT2D eigenvalue weighted by atomic mass is 10.0. The molecule has 2 aromatic rings. The largest absolute Gasteiger partial charge is 0.497 e. The Morgan fingerprint density at radius 2 is 1.83 bits per heavy atom. The second-order valence-corrected chi connectivity index (χ2v) is 5.86. The van der Waals surface area contributed by atoms with Crippen molar-refractivity contribution >= 4 is 5.91 Å². The summed E-state index contributed by atoms with van der Waals surface area (Å²) in [6.07, 6.45) is 0.807. The van der Waals surface area contributed by atoms with Crippen molar-refractivity contribution in [2.75, 3.05) is 13.7 Å². The molecule has 2 rings (SSSR count). The zero-order valence-corrected chi connectivity index (χ0v) is 14.8. The van der Waals surface area contributed by atoms with Crippen LogP contribution in [0.1, 0.15) is 36.1 Å². The lowest BCUT2D eigenvalue weighted by molar-refractivity contribution is -0.123. The van der Waals surface area contributed by atoms with E-state index in [2.05, 4.69) is 5.32 Å². The zero-order chi connectivity index (χ0) is 17.5. The van der Waals surface area contributed by atoms with Crippen LogP contribution in [-0.4, -0.2) is 19.6 Å². The van der Waals surface area contributed by atoms with E-state index in [9.17, 15) is 4.79 Å². The number of hydrogen-bond donors (Lipinski definition) is 1. The highest BCUT2D eigenvalue weighted by Gasteiger charge is 2.13. The van der Waals surface area contributed by atoms with Crippen molar-refractivity contribution in [3.05, 3.63) is 59.2 Å². The van der Waals surface area contributed by atoms with E-state index >= 15 is 0 Å². The Labute approximate surface area is 143 Å². The van der Waals surface area contributed by atoms with Gasteiger partial charge >= 0.3 is 0 Å². The van der Waals surface area contributed by atoms with E-state index in [4.69, 9.17) is 9.47 Å². The molecule has 0 aliphatic carbocycles. The van der Waals surface area contributed by atoms with Crippen LogP contribution in [0.3, 0.4) is 0 Å². The van der Waals surface area contributed by atoms with Gasteiger partial charge in [-0.05, 0) is 55.2 Å². The van der Waals surface area contributed by atoms with Gasteiger partial charge in [-0.2, -0.15) is 0 Å². The smallest absolute Gasteiger partial charge is 0.258 e. The average molecular weight is 327 g/mol. The fourth-order valence-corrected chi connectivity index (χ4v) is 2.50. The number of nitrogens with one attached hydrogen (secondary N) is 1. The van der Waals surface area contributed by atoms with Crippen molar-refractivity contribution in [1.29, 1.82) is 0 Å². The Balaban J connectivity index is 1.95. The minimum Gasteiger partial charge on any atom is -0.497 e. The molecule has 0 saturated carbocycles. The molecule has 0 heterocycles. The summed E-state index contributed by atoms with van der Waals surface area (Å²) in [5, 5.41) is 3.02. The summed E-state index contributed by atoms with van der Waals surface area (Å²) in [7, 11) is 1.64. The van der Waals surface area contributed by atoms with Crippen LogP contribution >= 0.6 is 0 Å². The molecule has 0 aromatic heterocycles. The van der Waals surface area contributed by atoms with Gasteiger partial charge < -0.3 is 14.8 Å². The SMILES string of the molecule is CC[C@@H](NC(=O)COc1cc(C)ccc1C)c1ccc(OC)cc1. The van der Waals surface area contributed by atoms with Gasteiger partial charge in [-0.15, -0.1) is 0 Å². The third-order valence-corrected chi connectivity index (χ3v) is 3.96. The molecule has 4 nitrogen and oxygen atoms in total. The maximum atomic E-state index is 12.2. The number of aryl methyl sites for hydroxylation is 2. The van der Waals surface area contributed by atoms with Crippen LogP contribution in [-0.2, 0) is 4.79 Å². The molecule has 128 valence electrons. The monoisotopic (exact) mass is 327 g/mol. The van der Waals surface area contributed by atoms with E-state index in [-0.39, 0.29) is 18.6 Å². The second kappa shape index (κ2) is 8.39. The lowest BCUT2D eigenvalue weighted by Crippen LogP contribution is -2.32. The first-order valence-corrected chi connectivity index (χ1v) is 8.16. The number of ether oxygens (including phenoxy) is 2. The van der Waals surface area contributed by atoms with E-state index < -0.39 is 0 Å². The van der Waals surface area contributed by atoms with Gasteiger partial charge in [0.15, 0.2) is 6.61 Å². The highest BCUT2D eigenvalue weighted by Crippen LogP contribution is 2.21. The maximum Gasteiger partial charge on any atom is 0.258 e. The van der Waals surface area contributed by atoms with Crippen LogP contribution in [0, 0.1) is 13.8 Å². The molecule has 4 heteroatoms. The number of benzene rings is 2. The van der Waals surface area contributed by atoms with Gasteiger partial charge in [0, 0.05) is 0 Å². The predicted molar refractivity (Wildman–Crippen MR) is 95.6 cm³/mol. The third kappa shape index (κ3) is 4.75. The summed E-state index contributed by atoms with van der Waals surface area (Å²) in [4.78, 5) is 12.2. The average Bonchev–Trinajstić information content (AvgIpc) is 2.60. The minimum atomic E-state index is -0.126. The van der Waals surface area contributed by atoms with E-state index in [0.717, 1.165) is 34.6 Å². The van der Waals surface area contributed by atoms with Crippen LogP contribution in [0.4, 0.5) is 0 Å². The molecule has 1 N–H and O–H groups in total. The van der Waals surface area contributed by atoms with E-state index in [1.54, 1.807) is 7.11 Å². The van der Waals surface area contributed by atoms with Crippen molar-refractivity contribution < 1.29 is 14.3 Å². The van der Waals surface area contributed by atoms with Crippen LogP contribution in [0.5, 0.6) is 11.5 Å². The molecular formula is C20H25NO3. The first-order valence-electron chi connectivity index (χ1n) is 8.16. The Hall–Kier alpha value is -2.49. The Bertz CT molecular complexity index is 680. The molecule has 0 bridgehead atoms. The molecule has 0 radical (unpaired) electrons. The van der Waals surface area contributed by atoms with Crippen LogP contribution in [0.2, 0.25) is 0 Å². The molecular weight excluding hydrogens is 302 g/mol. The first-order chi connectivity index (χ1) is 11.5. The minimum absolute atomic E-state index is 0.0109. The number of rotatable bonds is 7. The van der Waals surface area contributed by atoms with Gasteiger partial charge in [0.2, 0.25) is 0 Å². The lowest BCUT2D eigenvalue weighted by Gasteiger charge is -2.18. The van der Waals surface area contributed by atoms with Gasteiger partial charge in [-0.1, -0.05) is 31.2 Å². The summed E-state index contributed by atoms with van der Waals surface area (Å²) >= 11 is 0. The molecule has 0 aliphatic rings. The summed E-state index contributed by atoms with van der Waals surface area (Å²) in [6.45, 7) is 6.03. The summed E-state index contributed by atoms with van der Waals surface area (Å²) < 4.78 is 10.8. The molecule has 1 amide bonds. The molecule has 24 heavy (non-hydrogen) atoms. The Morgan fingerprint density at radius 3 is 2.46 bits per heavy atom. The third-order valence-electron chi connectivity index (χ3n) is 3.96. The molecule has 0 aliphatic heterocycles. The molecule has 0 spiro atoms. The number of carbonyl (C=O) groups excluding carboxylic acids is 1. The Kier molecular flexibility index (Phi) is 6.24. The second-order valence-electron chi connectivity index (χ2n) is 5.86. The van der Waals surface area contributed by atoms with Crippen LogP contribution in [0.25, 0.3) is 0 Å². The van der Waals surface area contributed by atoms with Crippen LogP contribution in [0.15, 0.2) is 42.5 Å². The molecule has 0 fully saturated rings. The fraction of sp³-hybridized carbons (Fsp3) is 0.350. The van der Waals surface area contributed by atoms with Crippen LogP contribution < -0.4 is 14.8 Å². The van der Waals surface area contributed by atoms with Gasteiger partial charge in [-0.3, -0.25) is 4.79 Å². The molecule has 0 unspecified atom stereocenters. The summed E-state index contributed by atoms with van der Waals surface area (Å²) in [5.74, 6) is 1.43. The molecule has 1 atom stereocenters. The summed E-state index contributed by atoms with van der Waals surface area (Å²) in [5.41, 5.74) is 3.19. The molecule has 2 aromatic carbocycles. The number of methoxy groups -OCH3 is 1. The van der Waals surface area contributed by atoms with Crippen molar-refractivity contribution in [3.63, 3.8) is 0 Å². The molecule has 0 saturated heterocycles. The van der Waals surface area contributed by atoms with Gasteiger partial charge in [0.25, 0.3) is 5.91 Å². The van der Waals surface area contributed by atoms with Gasteiger partial charge in [0.05, 0.1) is 13.2 Å². The maximum absolute atomic E-state index is 12.2. The standard InChI is InChI=1S/C20H25NO3/c1-5-18(16-8-10-17(23-4)11-9-16)21-20(22)13-24-19-12-14(2)6-7-15(19)3/h6-12,18H,5,13H2,1-4H3,(H,21,22)/t18-/m1/s1. The topological polar surface area (TPSA) is 47.6 Å². The van der Waals surface area contributed by atoms with Crippen molar-refractivity contribution in [3.8, 4) is 11.5 Å². The van der Waals surface area contributed by atoms with Gasteiger partial charge in [-0.25, -0.2) is 0 Å².